The SMILES string of the molecule is CCN(CC)CCCCNC(=NCC(=O)NC(C)(C)C)Nc1ccc(OC(C)C)cc1.I. The quantitative estimate of drug-likeness (QED) is 0.152. The topological polar surface area (TPSA) is 78.0 Å². The number of nitrogens with zero attached hydrogens (tertiary/aromatic N) is 2. The summed E-state index contributed by atoms with van der Waals surface area (Å²) in [5.41, 5.74) is 0.617. The van der Waals surface area contributed by atoms with Gasteiger partial charge in [-0.3, -0.25) is 4.79 Å². The molecule has 32 heavy (non-hydrogen) atoms. The largest absolute Gasteiger partial charge is 0.491 e. The summed E-state index contributed by atoms with van der Waals surface area (Å²) in [5, 5.41) is 9.59. The molecule has 1 aromatic carbocycles. The molecule has 0 heterocycles. The minimum Gasteiger partial charge on any atom is -0.491 e. The first kappa shape index (κ1) is 30.4. The second kappa shape index (κ2) is 16.1. The van der Waals surface area contributed by atoms with Gasteiger partial charge in [0.25, 0.3) is 0 Å². The fraction of sp³-hybridized carbons (Fsp3) is 0.667. The van der Waals surface area contributed by atoms with Crippen molar-refractivity contribution in [3.05, 3.63) is 24.3 Å². The Bertz CT molecular complexity index is 668. The number of aliphatic imine (C=N–C) groups is 1. The van der Waals surface area contributed by atoms with Crippen molar-refractivity contribution in [2.75, 3.05) is 38.0 Å². The van der Waals surface area contributed by atoms with E-state index in [1.54, 1.807) is 0 Å². The van der Waals surface area contributed by atoms with Crippen LogP contribution >= 0.6 is 24.0 Å². The van der Waals surface area contributed by atoms with Gasteiger partial charge in [0, 0.05) is 17.8 Å². The third-order valence-electron chi connectivity index (χ3n) is 4.47. The maximum atomic E-state index is 12.2. The number of carbonyl (C=O) groups excluding carboxylic acids is 1. The fourth-order valence-electron chi connectivity index (χ4n) is 2.98. The molecule has 0 spiro atoms. The zero-order valence-corrected chi connectivity index (χ0v) is 23.3. The summed E-state index contributed by atoms with van der Waals surface area (Å²) in [7, 11) is 0. The second-order valence-corrected chi connectivity index (χ2v) is 8.94. The summed E-state index contributed by atoms with van der Waals surface area (Å²) in [6, 6.07) is 7.75. The predicted molar refractivity (Wildman–Crippen MR) is 146 cm³/mol. The van der Waals surface area contributed by atoms with Crippen molar-refractivity contribution in [1.82, 2.24) is 15.5 Å². The van der Waals surface area contributed by atoms with Crippen molar-refractivity contribution in [2.24, 2.45) is 4.99 Å². The van der Waals surface area contributed by atoms with Crippen LogP contribution in [0.25, 0.3) is 0 Å². The summed E-state index contributed by atoms with van der Waals surface area (Å²) in [5.74, 6) is 1.33. The highest BCUT2D eigenvalue weighted by atomic mass is 127. The van der Waals surface area contributed by atoms with Crippen LogP contribution in [0.15, 0.2) is 29.3 Å². The first-order valence-corrected chi connectivity index (χ1v) is 11.5. The summed E-state index contributed by atoms with van der Waals surface area (Å²) < 4.78 is 5.70. The molecular formula is C24H44IN5O2. The Morgan fingerprint density at radius 3 is 2.25 bits per heavy atom. The van der Waals surface area contributed by atoms with Crippen LogP contribution in [0.2, 0.25) is 0 Å². The first-order valence-electron chi connectivity index (χ1n) is 11.5. The Labute approximate surface area is 212 Å². The highest BCUT2D eigenvalue weighted by Gasteiger charge is 2.13. The van der Waals surface area contributed by atoms with Crippen LogP contribution in [-0.4, -0.2) is 61.1 Å². The minimum absolute atomic E-state index is 0. The Kier molecular flexibility index (Phi) is 15.3. The van der Waals surface area contributed by atoms with Crippen LogP contribution in [0.3, 0.4) is 0 Å². The van der Waals surface area contributed by atoms with E-state index in [-0.39, 0.29) is 48.1 Å². The van der Waals surface area contributed by atoms with Gasteiger partial charge in [-0.05, 0) is 91.4 Å². The monoisotopic (exact) mass is 561 g/mol. The molecule has 8 heteroatoms. The van der Waals surface area contributed by atoms with Crippen molar-refractivity contribution < 1.29 is 9.53 Å². The maximum Gasteiger partial charge on any atom is 0.242 e. The van der Waals surface area contributed by atoms with Crippen molar-refractivity contribution in [3.63, 3.8) is 0 Å². The van der Waals surface area contributed by atoms with Crippen LogP contribution in [0.5, 0.6) is 5.75 Å². The highest BCUT2D eigenvalue weighted by Crippen LogP contribution is 2.16. The molecule has 0 bridgehead atoms. The molecule has 0 fully saturated rings. The van der Waals surface area contributed by atoms with Crippen molar-refractivity contribution in [3.8, 4) is 5.75 Å². The van der Waals surface area contributed by atoms with Crippen LogP contribution in [0.4, 0.5) is 5.69 Å². The van der Waals surface area contributed by atoms with E-state index in [9.17, 15) is 4.79 Å². The number of benzene rings is 1. The number of halogens is 1. The summed E-state index contributed by atoms with van der Waals surface area (Å²) in [4.78, 5) is 19.1. The van der Waals surface area contributed by atoms with Gasteiger partial charge in [-0.1, -0.05) is 13.8 Å². The van der Waals surface area contributed by atoms with E-state index in [0.717, 1.165) is 50.5 Å². The van der Waals surface area contributed by atoms with E-state index >= 15 is 0 Å². The van der Waals surface area contributed by atoms with Crippen LogP contribution < -0.4 is 20.7 Å². The number of unbranched alkanes of at least 4 members (excludes halogenated alkanes) is 1. The van der Waals surface area contributed by atoms with E-state index in [1.807, 2.05) is 58.9 Å². The lowest BCUT2D eigenvalue weighted by molar-refractivity contribution is -0.121. The molecule has 0 aliphatic heterocycles. The molecule has 0 aromatic heterocycles. The number of carbonyl (C=O) groups is 1. The number of nitrogens with one attached hydrogen (secondary N) is 3. The van der Waals surface area contributed by atoms with Crippen molar-refractivity contribution >= 4 is 41.5 Å². The molecule has 0 atom stereocenters. The number of anilines is 1. The highest BCUT2D eigenvalue weighted by molar-refractivity contribution is 14.0. The minimum atomic E-state index is -0.274. The average Bonchev–Trinajstić information content (AvgIpc) is 2.68. The number of amides is 1. The van der Waals surface area contributed by atoms with E-state index < -0.39 is 0 Å². The molecule has 0 unspecified atom stereocenters. The van der Waals surface area contributed by atoms with Gasteiger partial charge in [0.15, 0.2) is 5.96 Å². The molecule has 0 saturated heterocycles. The number of rotatable bonds is 12. The maximum absolute atomic E-state index is 12.2. The molecule has 0 aliphatic carbocycles. The third-order valence-corrected chi connectivity index (χ3v) is 4.47. The lowest BCUT2D eigenvalue weighted by Crippen LogP contribution is -2.42. The molecule has 7 nitrogen and oxygen atoms in total. The Morgan fingerprint density at radius 2 is 1.72 bits per heavy atom. The molecule has 0 saturated carbocycles. The fourth-order valence-corrected chi connectivity index (χ4v) is 2.98. The summed E-state index contributed by atoms with van der Waals surface area (Å²) in [6.45, 7) is 18.4. The number of hydrogen-bond donors (Lipinski definition) is 3. The van der Waals surface area contributed by atoms with Gasteiger partial charge < -0.3 is 25.6 Å². The molecule has 1 rings (SSSR count). The zero-order valence-electron chi connectivity index (χ0n) is 21.0. The van der Waals surface area contributed by atoms with Crippen LogP contribution in [0, 0.1) is 0 Å². The lowest BCUT2D eigenvalue weighted by Gasteiger charge is -2.20. The van der Waals surface area contributed by atoms with E-state index in [4.69, 9.17) is 4.74 Å². The molecular weight excluding hydrogens is 517 g/mol. The summed E-state index contributed by atoms with van der Waals surface area (Å²) >= 11 is 0. The zero-order chi connectivity index (χ0) is 23.3. The van der Waals surface area contributed by atoms with Gasteiger partial charge in [-0.2, -0.15) is 0 Å². The molecule has 0 radical (unpaired) electrons. The average molecular weight is 562 g/mol. The van der Waals surface area contributed by atoms with Gasteiger partial charge in [0.2, 0.25) is 5.91 Å². The molecule has 0 aliphatic rings. The van der Waals surface area contributed by atoms with Gasteiger partial charge in [0.1, 0.15) is 12.3 Å². The third kappa shape index (κ3) is 14.5. The molecule has 184 valence electrons. The standard InChI is InChI=1S/C24H43N5O2.HI/c1-8-29(9-2)17-11-10-16-25-23(26-18-22(30)28-24(5,6)7)27-20-12-14-21(15-13-20)31-19(3)4;/h12-15,19H,8-11,16-18H2,1-7H3,(H,28,30)(H2,25,26,27);1H. The normalized spacial score (nSPS) is 11.8. The van der Waals surface area contributed by atoms with E-state index in [0.29, 0.717) is 5.96 Å². The van der Waals surface area contributed by atoms with Gasteiger partial charge in [-0.15, -0.1) is 24.0 Å². The Hall–Kier alpha value is -1.55. The Morgan fingerprint density at radius 1 is 1.09 bits per heavy atom. The number of ether oxygens (including phenoxy) is 1. The van der Waals surface area contributed by atoms with Crippen LogP contribution in [0.1, 0.15) is 61.3 Å². The van der Waals surface area contributed by atoms with E-state index in [2.05, 4.69) is 39.7 Å². The predicted octanol–water partition coefficient (Wildman–Crippen LogP) is 4.49. The van der Waals surface area contributed by atoms with Gasteiger partial charge >= 0.3 is 0 Å². The molecule has 3 N–H and O–H groups in total. The number of guanidine groups is 1. The van der Waals surface area contributed by atoms with E-state index in [1.165, 1.54) is 0 Å². The first-order chi connectivity index (χ1) is 14.6. The van der Waals surface area contributed by atoms with Crippen molar-refractivity contribution in [1.29, 1.82) is 0 Å². The van der Waals surface area contributed by atoms with Crippen molar-refractivity contribution in [2.45, 2.75) is 73.0 Å². The number of hydrogen-bond acceptors (Lipinski definition) is 4. The van der Waals surface area contributed by atoms with Crippen LogP contribution in [-0.2, 0) is 4.79 Å². The molecule has 1 aromatic rings. The van der Waals surface area contributed by atoms with Gasteiger partial charge in [-0.25, -0.2) is 4.99 Å². The lowest BCUT2D eigenvalue weighted by atomic mass is 10.1. The molecule has 1 amide bonds. The second-order valence-electron chi connectivity index (χ2n) is 8.94. The smallest absolute Gasteiger partial charge is 0.242 e. The Balaban J connectivity index is 0.00000961. The van der Waals surface area contributed by atoms with Gasteiger partial charge in [0.05, 0.1) is 6.10 Å². The summed E-state index contributed by atoms with van der Waals surface area (Å²) in [6.07, 6.45) is 2.29.